The van der Waals surface area contributed by atoms with Crippen LogP contribution in [0.3, 0.4) is 0 Å². The largest absolute Gasteiger partial charge is 0.475 e. The van der Waals surface area contributed by atoms with Crippen LogP contribution < -0.4 is 10.5 Å². The second-order valence-electron chi connectivity index (χ2n) is 3.01. The van der Waals surface area contributed by atoms with E-state index in [0.717, 1.165) is 11.3 Å². The van der Waals surface area contributed by atoms with E-state index in [1.165, 1.54) is 0 Å². The molecule has 1 aromatic rings. The predicted octanol–water partition coefficient (Wildman–Crippen LogP) is 0.908. The number of nitriles is 1. The molecular formula is C10H13N3O. The average Bonchev–Trinajstić information content (AvgIpc) is 2.14. The second kappa shape index (κ2) is 4.58. The summed E-state index contributed by atoms with van der Waals surface area (Å²) in [5, 5.41) is 8.89. The van der Waals surface area contributed by atoms with Gasteiger partial charge in [0.05, 0.1) is 0 Å². The smallest absolute Gasteiger partial charge is 0.232 e. The standard InChI is InChI=1S/C10H13N3O/c1-7-5-8(2)13-10(9(7)6-12)14-4-3-11/h5H,3-4,11H2,1-2H3. The summed E-state index contributed by atoms with van der Waals surface area (Å²) in [7, 11) is 0. The molecule has 0 spiro atoms. The molecule has 0 bridgehead atoms. The number of rotatable bonds is 3. The topological polar surface area (TPSA) is 71.9 Å². The molecule has 14 heavy (non-hydrogen) atoms. The lowest BCUT2D eigenvalue weighted by Crippen LogP contribution is -2.12. The second-order valence-corrected chi connectivity index (χ2v) is 3.01. The van der Waals surface area contributed by atoms with Gasteiger partial charge in [0.25, 0.3) is 0 Å². The number of aryl methyl sites for hydroxylation is 2. The summed E-state index contributed by atoms with van der Waals surface area (Å²) in [6.45, 7) is 4.52. The molecule has 1 rings (SSSR count). The molecule has 0 aromatic carbocycles. The Bertz CT molecular complexity index is 368. The highest BCUT2D eigenvalue weighted by molar-refractivity contribution is 5.45. The van der Waals surface area contributed by atoms with Gasteiger partial charge in [0, 0.05) is 12.2 Å². The molecule has 0 saturated heterocycles. The van der Waals surface area contributed by atoms with Gasteiger partial charge in [0.15, 0.2) is 0 Å². The van der Waals surface area contributed by atoms with Crippen LogP contribution in [0.4, 0.5) is 0 Å². The Hall–Kier alpha value is -1.60. The lowest BCUT2D eigenvalue weighted by molar-refractivity contribution is 0.314. The minimum Gasteiger partial charge on any atom is -0.475 e. The molecule has 4 heteroatoms. The van der Waals surface area contributed by atoms with E-state index in [9.17, 15) is 0 Å². The fourth-order valence-electron chi connectivity index (χ4n) is 1.20. The van der Waals surface area contributed by atoms with Crippen LogP contribution in [0.15, 0.2) is 6.07 Å². The number of nitrogens with zero attached hydrogens (tertiary/aromatic N) is 2. The Morgan fingerprint density at radius 1 is 1.57 bits per heavy atom. The Labute approximate surface area is 83.3 Å². The normalized spacial score (nSPS) is 9.57. The molecule has 0 aliphatic carbocycles. The van der Waals surface area contributed by atoms with Gasteiger partial charge in [-0.2, -0.15) is 5.26 Å². The van der Waals surface area contributed by atoms with Crippen molar-refractivity contribution in [3.8, 4) is 11.9 Å². The van der Waals surface area contributed by atoms with Crippen LogP contribution >= 0.6 is 0 Å². The van der Waals surface area contributed by atoms with Gasteiger partial charge in [-0.05, 0) is 25.5 Å². The van der Waals surface area contributed by atoms with Crippen LogP contribution in [0.25, 0.3) is 0 Å². The van der Waals surface area contributed by atoms with Crippen molar-refractivity contribution in [2.45, 2.75) is 13.8 Å². The maximum absolute atomic E-state index is 8.89. The molecule has 0 radical (unpaired) electrons. The first-order valence-corrected chi connectivity index (χ1v) is 4.40. The van der Waals surface area contributed by atoms with Gasteiger partial charge in [-0.3, -0.25) is 0 Å². The summed E-state index contributed by atoms with van der Waals surface area (Å²) < 4.78 is 5.28. The maximum Gasteiger partial charge on any atom is 0.232 e. The highest BCUT2D eigenvalue weighted by Gasteiger charge is 2.08. The lowest BCUT2D eigenvalue weighted by atomic mass is 10.1. The van der Waals surface area contributed by atoms with E-state index in [1.807, 2.05) is 19.9 Å². The third-order valence-electron chi connectivity index (χ3n) is 1.78. The van der Waals surface area contributed by atoms with Gasteiger partial charge in [-0.25, -0.2) is 4.98 Å². The maximum atomic E-state index is 8.89. The van der Waals surface area contributed by atoms with Crippen molar-refractivity contribution in [2.24, 2.45) is 5.73 Å². The average molecular weight is 191 g/mol. The van der Waals surface area contributed by atoms with Gasteiger partial charge in [-0.1, -0.05) is 0 Å². The summed E-state index contributed by atoms with van der Waals surface area (Å²) in [5.41, 5.74) is 7.52. The number of hydrogen-bond acceptors (Lipinski definition) is 4. The predicted molar refractivity (Wildman–Crippen MR) is 53.0 cm³/mol. The molecule has 0 atom stereocenters. The Kier molecular flexibility index (Phi) is 3.43. The van der Waals surface area contributed by atoms with Gasteiger partial charge in [0.1, 0.15) is 18.2 Å². The quantitative estimate of drug-likeness (QED) is 0.770. The molecule has 1 aromatic heterocycles. The van der Waals surface area contributed by atoms with Crippen molar-refractivity contribution >= 4 is 0 Å². The molecule has 0 unspecified atom stereocenters. The minimum atomic E-state index is 0.380. The zero-order valence-corrected chi connectivity index (χ0v) is 8.37. The third kappa shape index (κ3) is 2.21. The third-order valence-corrected chi connectivity index (χ3v) is 1.78. The zero-order valence-electron chi connectivity index (χ0n) is 8.37. The van der Waals surface area contributed by atoms with Crippen molar-refractivity contribution < 1.29 is 4.74 Å². The minimum absolute atomic E-state index is 0.380. The Morgan fingerprint density at radius 2 is 2.29 bits per heavy atom. The fourth-order valence-corrected chi connectivity index (χ4v) is 1.20. The van der Waals surface area contributed by atoms with Crippen molar-refractivity contribution in [3.63, 3.8) is 0 Å². The highest BCUT2D eigenvalue weighted by atomic mass is 16.5. The van der Waals surface area contributed by atoms with Crippen LogP contribution in [0.1, 0.15) is 16.8 Å². The van der Waals surface area contributed by atoms with Gasteiger partial charge >= 0.3 is 0 Å². The van der Waals surface area contributed by atoms with E-state index in [0.29, 0.717) is 24.6 Å². The van der Waals surface area contributed by atoms with Crippen LogP contribution in [-0.2, 0) is 0 Å². The van der Waals surface area contributed by atoms with Crippen LogP contribution in [0.2, 0.25) is 0 Å². The summed E-state index contributed by atoms with van der Waals surface area (Å²) >= 11 is 0. The van der Waals surface area contributed by atoms with Crippen LogP contribution in [-0.4, -0.2) is 18.1 Å². The van der Waals surface area contributed by atoms with E-state index >= 15 is 0 Å². The first-order valence-electron chi connectivity index (χ1n) is 4.40. The fraction of sp³-hybridized carbons (Fsp3) is 0.400. The van der Waals surface area contributed by atoms with Gasteiger partial charge < -0.3 is 10.5 Å². The van der Waals surface area contributed by atoms with E-state index in [4.69, 9.17) is 15.7 Å². The first kappa shape index (κ1) is 10.5. The summed E-state index contributed by atoms with van der Waals surface area (Å²) in [4.78, 5) is 4.14. The number of hydrogen-bond donors (Lipinski definition) is 1. The van der Waals surface area contributed by atoms with Crippen molar-refractivity contribution in [3.05, 3.63) is 22.9 Å². The lowest BCUT2D eigenvalue weighted by Gasteiger charge is -2.08. The van der Waals surface area contributed by atoms with E-state index in [2.05, 4.69) is 11.1 Å². The van der Waals surface area contributed by atoms with Crippen molar-refractivity contribution in [1.29, 1.82) is 5.26 Å². The number of ether oxygens (including phenoxy) is 1. The Balaban J connectivity index is 3.07. The van der Waals surface area contributed by atoms with Gasteiger partial charge in [0.2, 0.25) is 5.88 Å². The van der Waals surface area contributed by atoms with Gasteiger partial charge in [-0.15, -0.1) is 0 Å². The SMILES string of the molecule is Cc1cc(C)c(C#N)c(OCCN)n1. The summed E-state index contributed by atoms with van der Waals surface area (Å²) in [6.07, 6.45) is 0. The number of pyridine rings is 1. The van der Waals surface area contributed by atoms with Crippen LogP contribution in [0.5, 0.6) is 5.88 Å². The highest BCUT2D eigenvalue weighted by Crippen LogP contribution is 2.19. The van der Waals surface area contributed by atoms with E-state index < -0.39 is 0 Å². The number of aromatic nitrogens is 1. The molecule has 1 heterocycles. The van der Waals surface area contributed by atoms with Crippen molar-refractivity contribution in [1.82, 2.24) is 4.98 Å². The molecule has 2 N–H and O–H groups in total. The molecule has 0 fully saturated rings. The summed E-state index contributed by atoms with van der Waals surface area (Å²) in [6, 6.07) is 3.93. The monoisotopic (exact) mass is 191 g/mol. The molecule has 0 aliphatic heterocycles. The Morgan fingerprint density at radius 3 is 2.86 bits per heavy atom. The summed E-state index contributed by atoms with van der Waals surface area (Å²) in [5.74, 6) is 0.385. The molecule has 0 amide bonds. The van der Waals surface area contributed by atoms with Crippen LogP contribution in [0, 0.1) is 25.2 Å². The molecule has 0 saturated carbocycles. The zero-order chi connectivity index (χ0) is 10.6. The molecule has 74 valence electrons. The van der Waals surface area contributed by atoms with E-state index in [1.54, 1.807) is 0 Å². The van der Waals surface area contributed by atoms with E-state index in [-0.39, 0.29) is 0 Å². The molecule has 4 nitrogen and oxygen atoms in total. The van der Waals surface area contributed by atoms with Crippen molar-refractivity contribution in [2.75, 3.05) is 13.2 Å². The number of nitrogens with two attached hydrogens (primary N) is 1. The first-order chi connectivity index (χ1) is 6.69. The molecule has 0 aliphatic rings. The molecular weight excluding hydrogens is 178 g/mol.